The molecule has 0 radical (unpaired) electrons. The Labute approximate surface area is 114 Å². The molecule has 98 valence electrons. The second-order valence-corrected chi connectivity index (χ2v) is 5.68. The van der Waals surface area contributed by atoms with Crippen molar-refractivity contribution < 1.29 is 5.11 Å². The summed E-state index contributed by atoms with van der Waals surface area (Å²) in [4.78, 5) is 0. The van der Waals surface area contributed by atoms with Crippen molar-refractivity contribution in [3.05, 3.63) is 46.5 Å². The van der Waals surface area contributed by atoms with Crippen molar-refractivity contribution in [3.8, 4) is 0 Å². The van der Waals surface area contributed by atoms with Crippen LogP contribution in [0.5, 0.6) is 0 Å². The second-order valence-electron chi connectivity index (χ2n) is 5.24. The minimum absolute atomic E-state index is 0.510. The lowest BCUT2D eigenvalue weighted by Crippen LogP contribution is -2.08. The molecule has 1 fully saturated rings. The normalized spacial score (nSPS) is 19.8. The van der Waals surface area contributed by atoms with E-state index in [9.17, 15) is 5.11 Å². The van der Waals surface area contributed by atoms with Gasteiger partial charge < -0.3 is 5.11 Å². The van der Waals surface area contributed by atoms with Gasteiger partial charge in [0.05, 0.1) is 6.10 Å². The summed E-state index contributed by atoms with van der Waals surface area (Å²) in [6.45, 7) is 2.15. The molecule has 0 aliphatic heterocycles. The maximum absolute atomic E-state index is 10.2. The van der Waals surface area contributed by atoms with Crippen LogP contribution < -0.4 is 0 Å². The van der Waals surface area contributed by atoms with E-state index in [2.05, 4.69) is 6.92 Å². The highest BCUT2D eigenvalue weighted by atomic mass is 35.5. The van der Waals surface area contributed by atoms with Crippen LogP contribution >= 0.6 is 11.6 Å². The summed E-state index contributed by atoms with van der Waals surface area (Å²) in [5, 5.41) is 10.9. The van der Waals surface area contributed by atoms with Gasteiger partial charge in [-0.05, 0) is 43.4 Å². The molecule has 0 saturated heterocycles. The summed E-state index contributed by atoms with van der Waals surface area (Å²) >= 11 is 5.85. The lowest BCUT2D eigenvalue weighted by Gasteiger charge is -2.23. The molecule has 1 saturated carbocycles. The summed E-state index contributed by atoms with van der Waals surface area (Å²) in [5.41, 5.74) is 2.24. The first-order chi connectivity index (χ1) is 8.66. The first-order valence-electron chi connectivity index (χ1n) is 6.78. The van der Waals surface area contributed by atoms with E-state index in [1.807, 2.05) is 30.3 Å². The number of hydrogen-bond acceptors (Lipinski definition) is 1. The molecule has 0 unspecified atom stereocenters. The molecule has 0 amide bonds. The predicted octanol–water partition coefficient (Wildman–Crippen LogP) is 4.90. The number of benzene rings is 1. The van der Waals surface area contributed by atoms with E-state index in [-0.39, 0.29) is 0 Å². The van der Waals surface area contributed by atoms with E-state index in [0.717, 1.165) is 5.56 Å². The largest absolute Gasteiger partial charge is 0.384 e. The molecule has 1 aromatic rings. The summed E-state index contributed by atoms with van der Waals surface area (Å²) in [5.74, 6) is 0.667. The van der Waals surface area contributed by atoms with Crippen molar-refractivity contribution in [2.45, 2.75) is 45.1 Å². The monoisotopic (exact) mass is 264 g/mol. The maximum atomic E-state index is 10.2. The van der Waals surface area contributed by atoms with Crippen LogP contribution in [0.3, 0.4) is 0 Å². The third-order valence-electron chi connectivity index (χ3n) is 3.88. The van der Waals surface area contributed by atoms with Gasteiger partial charge in [0, 0.05) is 5.02 Å². The molecule has 0 aromatic heterocycles. The minimum Gasteiger partial charge on any atom is -0.384 e. The van der Waals surface area contributed by atoms with Crippen LogP contribution in [-0.4, -0.2) is 5.11 Å². The first kappa shape index (κ1) is 13.6. The fourth-order valence-corrected chi connectivity index (χ4v) is 2.83. The molecule has 1 aromatic carbocycles. The average molecular weight is 265 g/mol. The fraction of sp³-hybridized carbons (Fsp3) is 0.500. The van der Waals surface area contributed by atoms with E-state index in [4.69, 9.17) is 11.6 Å². The SMILES string of the molecule is C/C(=C\[C@@H](O)c1ccc(Cl)cc1)C1CCCCC1. The van der Waals surface area contributed by atoms with Crippen molar-refractivity contribution in [1.82, 2.24) is 0 Å². The van der Waals surface area contributed by atoms with E-state index in [1.54, 1.807) is 0 Å². The van der Waals surface area contributed by atoms with Gasteiger partial charge in [-0.15, -0.1) is 0 Å². The van der Waals surface area contributed by atoms with E-state index in [1.165, 1.54) is 37.7 Å². The third kappa shape index (κ3) is 3.60. The highest BCUT2D eigenvalue weighted by Crippen LogP contribution is 2.31. The maximum Gasteiger partial charge on any atom is 0.0974 e. The van der Waals surface area contributed by atoms with Crippen molar-refractivity contribution in [1.29, 1.82) is 0 Å². The Morgan fingerprint density at radius 2 is 1.83 bits per heavy atom. The Balaban J connectivity index is 2.04. The van der Waals surface area contributed by atoms with Gasteiger partial charge in [-0.3, -0.25) is 0 Å². The Morgan fingerprint density at radius 1 is 1.22 bits per heavy atom. The summed E-state index contributed by atoms with van der Waals surface area (Å²) in [6.07, 6.45) is 8.05. The van der Waals surface area contributed by atoms with E-state index >= 15 is 0 Å². The highest BCUT2D eigenvalue weighted by molar-refractivity contribution is 6.30. The Kier molecular flexibility index (Phi) is 4.85. The number of halogens is 1. The van der Waals surface area contributed by atoms with Gasteiger partial charge in [-0.25, -0.2) is 0 Å². The van der Waals surface area contributed by atoms with Gasteiger partial charge in [-0.1, -0.05) is 54.6 Å². The number of aliphatic hydroxyl groups excluding tert-OH is 1. The number of hydrogen-bond donors (Lipinski definition) is 1. The van der Waals surface area contributed by atoms with Crippen LogP contribution in [0.4, 0.5) is 0 Å². The van der Waals surface area contributed by atoms with Gasteiger partial charge in [0.15, 0.2) is 0 Å². The molecule has 18 heavy (non-hydrogen) atoms. The Hall–Kier alpha value is -0.790. The summed E-state index contributed by atoms with van der Waals surface area (Å²) < 4.78 is 0. The molecule has 1 aliphatic rings. The van der Waals surface area contributed by atoms with Crippen LogP contribution in [0, 0.1) is 5.92 Å². The molecule has 1 atom stereocenters. The minimum atomic E-state index is -0.510. The predicted molar refractivity (Wildman–Crippen MR) is 76.7 cm³/mol. The molecule has 0 heterocycles. The quantitative estimate of drug-likeness (QED) is 0.770. The third-order valence-corrected chi connectivity index (χ3v) is 4.13. The molecular formula is C16H21ClO. The van der Waals surface area contributed by atoms with Gasteiger partial charge in [0.25, 0.3) is 0 Å². The van der Waals surface area contributed by atoms with Crippen LogP contribution in [0.25, 0.3) is 0 Å². The average Bonchev–Trinajstić information content (AvgIpc) is 2.40. The molecule has 2 rings (SSSR count). The molecular weight excluding hydrogens is 244 g/mol. The van der Waals surface area contributed by atoms with Crippen molar-refractivity contribution in [2.75, 3.05) is 0 Å². The second kappa shape index (κ2) is 6.40. The molecule has 1 N–H and O–H groups in total. The molecule has 0 spiro atoms. The molecule has 0 bridgehead atoms. The summed E-state index contributed by atoms with van der Waals surface area (Å²) in [6, 6.07) is 7.42. The topological polar surface area (TPSA) is 20.2 Å². The zero-order chi connectivity index (χ0) is 13.0. The lowest BCUT2D eigenvalue weighted by molar-refractivity contribution is 0.226. The van der Waals surface area contributed by atoms with Crippen LogP contribution in [0.1, 0.15) is 50.7 Å². The fourth-order valence-electron chi connectivity index (χ4n) is 2.70. The van der Waals surface area contributed by atoms with E-state index in [0.29, 0.717) is 10.9 Å². The lowest BCUT2D eigenvalue weighted by atomic mass is 9.83. The van der Waals surface area contributed by atoms with Crippen molar-refractivity contribution >= 4 is 11.6 Å². The van der Waals surface area contributed by atoms with Crippen LogP contribution in [-0.2, 0) is 0 Å². The van der Waals surface area contributed by atoms with Gasteiger partial charge in [-0.2, -0.15) is 0 Å². The molecule has 2 heteroatoms. The van der Waals surface area contributed by atoms with Crippen LogP contribution in [0.15, 0.2) is 35.9 Å². The van der Waals surface area contributed by atoms with Crippen molar-refractivity contribution in [2.24, 2.45) is 5.92 Å². The zero-order valence-corrected chi connectivity index (χ0v) is 11.7. The standard InChI is InChI=1S/C16H21ClO/c1-12(13-5-3-2-4-6-13)11-16(18)14-7-9-15(17)10-8-14/h7-11,13,16,18H,2-6H2,1H3/b12-11+/t16-/m1/s1. The highest BCUT2D eigenvalue weighted by Gasteiger charge is 2.16. The Bertz CT molecular complexity index is 402. The molecule has 1 aliphatic carbocycles. The Morgan fingerprint density at radius 3 is 2.44 bits per heavy atom. The van der Waals surface area contributed by atoms with Gasteiger partial charge in [0.2, 0.25) is 0 Å². The van der Waals surface area contributed by atoms with Crippen molar-refractivity contribution in [3.63, 3.8) is 0 Å². The first-order valence-corrected chi connectivity index (χ1v) is 7.16. The number of rotatable bonds is 3. The smallest absolute Gasteiger partial charge is 0.0974 e. The molecule has 1 nitrogen and oxygen atoms in total. The van der Waals surface area contributed by atoms with E-state index < -0.39 is 6.10 Å². The number of aliphatic hydroxyl groups is 1. The van der Waals surface area contributed by atoms with Crippen LogP contribution in [0.2, 0.25) is 5.02 Å². The number of allylic oxidation sites excluding steroid dienone is 1. The van der Waals surface area contributed by atoms with Gasteiger partial charge >= 0.3 is 0 Å². The summed E-state index contributed by atoms with van der Waals surface area (Å²) in [7, 11) is 0. The van der Waals surface area contributed by atoms with Gasteiger partial charge in [0.1, 0.15) is 0 Å². The zero-order valence-electron chi connectivity index (χ0n) is 10.9.